The smallest absolute Gasteiger partial charge is 0.201 e. The summed E-state index contributed by atoms with van der Waals surface area (Å²) in [5, 5.41) is 0. The monoisotopic (exact) mass is 311 g/mol. The molecule has 2 N–H and O–H groups in total. The van der Waals surface area contributed by atoms with Crippen LogP contribution in [-0.2, 0) is 9.84 Å². The fraction of sp³-hybridized carbons (Fsp3) is 0.500. The Morgan fingerprint density at radius 1 is 1.33 bits per heavy atom. The van der Waals surface area contributed by atoms with Crippen molar-refractivity contribution in [3.8, 4) is 5.75 Å². The molecule has 0 saturated heterocycles. The highest BCUT2D eigenvalue weighted by molar-refractivity contribution is 7.90. The molecule has 2 rings (SSSR count). The molecule has 0 aliphatic heterocycles. The van der Waals surface area contributed by atoms with Crippen LogP contribution in [-0.4, -0.2) is 36.1 Å². The summed E-state index contributed by atoms with van der Waals surface area (Å²) in [4.78, 5) is 4.34. The Balaban J connectivity index is 2.53. The van der Waals surface area contributed by atoms with Gasteiger partial charge in [0.15, 0.2) is 0 Å². The third-order valence-corrected chi connectivity index (χ3v) is 4.15. The zero-order valence-corrected chi connectivity index (χ0v) is 13.5. The maximum Gasteiger partial charge on any atom is 0.201 e. The van der Waals surface area contributed by atoms with Gasteiger partial charge in [0.05, 0.1) is 17.4 Å². The Hall–Kier alpha value is -1.76. The standard InChI is InChI=1S/C14H21N3O3S/c1-9(2)20-12-7-5-6-11-13(12)16-14(15)17(11)10(3)8-21(4,18)19/h5-7,9-10H,8H2,1-4H3,(H2,15,16). The van der Waals surface area contributed by atoms with Crippen LogP contribution in [0.25, 0.3) is 11.0 Å². The van der Waals surface area contributed by atoms with E-state index >= 15 is 0 Å². The van der Waals surface area contributed by atoms with Crippen molar-refractivity contribution in [1.29, 1.82) is 0 Å². The molecule has 7 heteroatoms. The van der Waals surface area contributed by atoms with Crippen LogP contribution >= 0.6 is 0 Å². The van der Waals surface area contributed by atoms with Crippen molar-refractivity contribution in [1.82, 2.24) is 9.55 Å². The van der Waals surface area contributed by atoms with Gasteiger partial charge >= 0.3 is 0 Å². The van der Waals surface area contributed by atoms with Crippen molar-refractivity contribution in [2.24, 2.45) is 0 Å². The Morgan fingerprint density at radius 2 is 2.00 bits per heavy atom. The Kier molecular flexibility index (Phi) is 4.13. The number of anilines is 1. The first-order valence-corrected chi connectivity index (χ1v) is 8.86. The van der Waals surface area contributed by atoms with Gasteiger partial charge in [-0.05, 0) is 32.9 Å². The summed E-state index contributed by atoms with van der Waals surface area (Å²) >= 11 is 0. The lowest BCUT2D eigenvalue weighted by Gasteiger charge is -2.15. The Bertz CT molecular complexity index is 750. The SMILES string of the molecule is CC(C)Oc1cccc2c1nc(N)n2C(C)CS(C)(=O)=O. The molecule has 0 amide bonds. The summed E-state index contributed by atoms with van der Waals surface area (Å²) in [6, 6.07) is 5.26. The van der Waals surface area contributed by atoms with E-state index in [2.05, 4.69) is 4.98 Å². The minimum absolute atomic E-state index is 0.0118. The van der Waals surface area contributed by atoms with E-state index in [9.17, 15) is 8.42 Å². The molecule has 6 nitrogen and oxygen atoms in total. The van der Waals surface area contributed by atoms with Crippen molar-refractivity contribution in [2.45, 2.75) is 32.9 Å². The highest BCUT2D eigenvalue weighted by atomic mass is 32.2. The summed E-state index contributed by atoms with van der Waals surface area (Å²) < 4.78 is 30.5. The number of sulfone groups is 1. The number of hydrogen-bond acceptors (Lipinski definition) is 5. The van der Waals surface area contributed by atoms with Crippen LogP contribution in [0.1, 0.15) is 26.8 Å². The molecular weight excluding hydrogens is 290 g/mol. The molecule has 2 aromatic rings. The molecule has 1 heterocycles. The first-order chi connectivity index (χ1) is 9.69. The van der Waals surface area contributed by atoms with Crippen molar-refractivity contribution in [3.05, 3.63) is 18.2 Å². The molecule has 1 aromatic heterocycles. The minimum Gasteiger partial charge on any atom is -0.489 e. The number of benzene rings is 1. The number of para-hydroxylation sites is 1. The van der Waals surface area contributed by atoms with Crippen molar-refractivity contribution < 1.29 is 13.2 Å². The molecule has 0 bridgehead atoms. The highest BCUT2D eigenvalue weighted by Crippen LogP contribution is 2.30. The number of nitrogen functional groups attached to an aromatic ring is 1. The van der Waals surface area contributed by atoms with Gasteiger partial charge in [-0.25, -0.2) is 13.4 Å². The van der Waals surface area contributed by atoms with Gasteiger partial charge in [0.25, 0.3) is 0 Å². The van der Waals surface area contributed by atoms with Gasteiger partial charge in [0, 0.05) is 12.3 Å². The predicted molar refractivity (Wildman–Crippen MR) is 84.3 cm³/mol. The summed E-state index contributed by atoms with van der Waals surface area (Å²) in [5.74, 6) is 0.957. The minimum atomic E-state index is -3.10. The third kappa shape index (κ3) is 3.47. The van der Waals surface area contributed by atoms with Crippen LogP contribution in [0.5, 0.6) is 5.75 Å². The normalized spacial score (nSPS) is 13.8. The first kappa shape index (κ1) is 15.6. The second-order valence-electron chi connectivity index (χ2n) is 5.57. The maximum atomic E-state index is 11.5. The molecule has 0 aliphatic carbocycles. The second kappa shape index (κ2) is 5.55. The fourth-order valence-corrected chi connectivity index (χ4v) is 3.46. The van der Waals surface area contributed by atoms with Gasteiger partial charge in [-0.3, -0.25) is 0 Å². The van der Waals surface area contributed by atoms with Crippen LogP contribution in [0, 0.1) is 0 Å². The quantitative estimate of drug-likeness (QED) is 0.912. The number of hydrogen-bond donors (Lipinski definition) is 1. The number of ether oxygens (including phenoxy) is 1. The molecule has 116 valence electrons. The molecule has 21 heavy (non-hydrogen) atoms. The average molecular weight is 311 g/mol. The van der Waals surface area contributed by atoms with Gasteiger partial charge in [-0.15, -0.1) is 0 Å². The summed E-state index contributed by atoms with van der Waals surface area (Å²) in [7, 11) is -3.10. The van der Waals surface area contributed by atoms with Crippen LogP contribution in [0.15, 0.2) is 18.2 Å². The zero-order chi connectivity index (χ0) is 15.8. The van der Waals surface area contributed by atoms with E-state index in [1.54, 1.807) is 4.57 Å². The lowest BCUT2D eigenvalue weighted by molar-refractivity contribution is 0.245. The van der Waals surface area contributed by atoms with Crippen LogP contribution in [0.4, 0.5) is 5.95 Å². The number of nitrogens with two attached hydrogens (primary N) is 1. The van der Waals surface area contributed by atoms with Gasteiger partial charge in [0.2, 0.25) is 5.95 Å². The lowest BCUT2D eigenvalue weighted by Crippen LogP contribution is -2.18. The van der Waals surface area contributed by atoms with E-state index < -0.39 is 9.84 Å². The Morgan fingerprint density at radius 3 is 2.57 bits per heavy atom. The van der Waals surface area contributed by atoms with Gasteiger partial charge in [-0.2, -0.15) is 0 Å². The number of imidazole rings is 1. The van der Waals surface area contributed by atoms with Crippen molar-refractivity contribution >= 4 is 26.8 Å². The van der Waals surface area contributed by atoms with Crippen LogP contribution < -0.4 is 10.5 Å². The lowest BCUT2D eigenvalue weighted by atomic mass is 10.2. The molecule has 0 aliphatic rings. The van der Waals surface area contributed by atoms with Crippen molar-refractivity contribution in [3.63, 3.8) is 0 Å². The summed E-state index contributed by atoms with van der Waals surface area (Å²) in [5.41, 5.74) is 7.41. The van der Waals surface area contributed by atoms with Gasteiger partial charge < -0.3 is 15.0 Å². The molecule has 0 fully saturated rings. The van der Waals surface area contributed by atoms with E-state index in [0.717, 1.165) is 5.52 Å². The topological polar surface area (TPSA) is 87.2 Å². The van der Waals surface area contributed by atoms with Crippen LogP contribution in [0.3, 0.4) is 0 Å². The summed E-state index contributed by atoms with van der Waals surface area (Å²) in [6.07, 6.45) is 1.24. The molecule has 0 saturated carbocycles. The second-order valence-corrected chi connectivity index (χ2v) is 7.76. The number of fused-ring (bicyclic) bond motifs is 1. The molecule has 0 radical (unpaired) electrons. The van der Waals surface area contributed by atoms with E-state index in [1.165, 1.54) is 6.26 Å². The van der Waals surface area contributed by atoms with E-state index in [-0.39, 0.29) is 17.9 Å². The van der Waals surface area contributed by atoms with E-state index in [0.29, 0.717) is 17.2 Å². The number of aromatic nitrogens is 2. The maximum absolute atomic E-state index is 11.5. The molecular formula is C14H21N3O3S. The number of nitrogens with zero attached hydrogens (tertiary/aromatic N) is 2. The van der Waals surface area contributed by atoms with Gasteiger partial charge in [-0.1, -0.05) is 6.07 Å². The molecule has 1 aromatic carbocycles. The largest absolute Gasteiger partial charge is 0.489 e. The summed E-state index contributed by atoms with van der Waals surface area (Å²) in [6.45, 7) is 5.69. The molecule has 1 unspecified atom stereocenters. The van der Waals surface area contributed by atoms with E-state index in [1.807, 2.05) is 39.0 Å². The van der Waals surface area contributed by atoms with Crippen LogP contribution in [0.2, 0.25) is 0 Å². The predicted octanol–water partition coefficient (Wildman–Crippen LogP) is 2.01. The fourth-order valence-electron chi connectivity index (χ4n) is 2.43. The first-order valence-electron chi connectivity index (χ1n) is 6.80. The van der Waals surface area contributed by atoms with E-state index in [4.69, 9.17) is 10.5 Å². The van der Waals surface area contributed by atoms with Gasteiger partial charge in [0.1, 0.15) is 21.1 Å². The highest BCUT2D eigenvalue weighted by Gasteiger charge is 2.20. The molecule has 1 atom stereocenters. The zero-order valence-electron chi connectivity index (χ0n) is 12.7. The third-order valence-electron chi connectivity index (χ3n) is 3.06. The average Bonchev–Trinajstić information content (AvgIpc) is 2.63. The Labute approximate surface area is 124 Å². The number of rotatable bonds is 5. The molecule has 0 spiro atoms. The van der Waals surface area contributed by atoms with Crippen molar-refractivity contribution in [2.75, 3.05) is 17.7 Å².